The van der Waals surface area contributed by atoms with E-state index in [2.05, 4.69) is 5.32 Å². The van der Waals surface area contributed by atoms with Crippen molar-refractivity contribution in [1.29, 1.82) is 0 Å². The molecule has 1 saturated heterocycles. The summed E-state index contributed by atoms with van der Waals surface area (Å²) in [5, 5.41) is 11.6. The second-order valence-corrected chi connectivity index (χ2v) is 5.31. The minimum atomic E-state index is -0.972. The number of aliphatic carboxylic acids is 1. The van der Waals surface area contributed by atoms with Crippen LogP contribution in [0.1, 0.15) is 32.6 Å². The molecular formula is C12H20N2O4. The maximum absolute atomic E-state index is 12.0. The van der Waals surface area contributed by atoms with E-state index in [1.165, 1.54) is 4.90 Å². The summed E-state index contributed by atoms with van der Waals surface area (Å²) in [7, 11) is 0. The van der Waals surface area contributed by atoms with E-state index in [9.17, 15) is 9.59 Å². The molecule has 0 aromatic rings. The Morgan fingerprint density at radius 2 is 2.22 bits per heavy atom. The molecule has 1 heterocycles. The Morgan fingerprint density at radius 1 is 1.50 bits per heavy atom. The SMILES string of the molecule is CC1(CNC(=O)N(CC(=O)O)C2CC2)CCCO1. The van der Waals surface area contributed by atoms with E-state index in [1.807, 2.05) is 6.92 Å². The van der Waals surface area contributed by atoms with Crippen molar-refractivity contribution in [1.82, 2.24) is 10.2 Å². The van der Waals surface area contributed by atoms with Crippen LogP contribution in [0.15, 0.2) is 0 Å². The summed E-state index contributed by atoms with van der Waals surface area (Å²) in [4.78, 5) is 24.1. The van der Waals surface area contributed by atoms with Crippen molar-refractivity contribution in [2.75, 3.05) is 19.7 Å². The number of hydrogen-bond acceptors (Lipinski definition) is 3. The summed E-state index contributed by atoms with van der Waals surface area (Å²) >= 11 is 0. The van der Waals surface area contributed by atoms with Crippen molar-refractivity contribution in [3.05, 3.63) is 0 Å². The molecule has 0 aromatic carbocycles. The Labute approximate surface area is 106 Å². The average Bonchev–Trinajstić information content (AvgIpc) is 3.06. The summed E-state index contributed by atoms with van der Waals surface area (Å²) in [6.45, 7) is 2.91. The van der Waals surface area contributed by atoms with Gasteiger partial charge in [-0.05, 0) is 32.6 Å². The number of ether oxygens (including phenoxy) is 1. The average molecular weight is 256 g/mol. The van der Waals surface area contributed by atoms with Gasteiger partial charge in [0, 0.05) is 19.2 Å². The van der Waals surface area contributed by atoms with Gasteiger partial charge in [0.25, 0.3) is 0 Å². The maximum atomic E-state index is 12.0. The third-order valence-electron chi connectivity index (χ3n) is 3.47. The predicted molar refractivity (Wildman–Crippen MR) is 64.4 cm³/mol. The van der Waals surface area contributed by atoms with Gasteiger partial charge in [-0.15, -0.1) is 0 Å². The lowest BCUT2D eigenvalue weighted by Crippen LogP contribution is -2.48. The molecular weight excluding hydrogens is 236 g/mol. The Morgan fingerprint density at radius 3 is 2.72 bits per heavy atom. The standard InChI is InChI=1S/C12H20N2O4/c1-12(5-2-6-18-12)8-13-11(17)14(7-10(15)16)9-3-4-9/h9H,2-8H2,1H3,(H,13,17)(H,15,16). The largest absolute Gasteiger partial charge is 0.480 e. The van der Waals surface area contributed by atoms with Crippen molar-refractivity contribution in [3.63, 3.8) is 0 Å². The number of carboxylic acids is 1. The minimum Gasteiger partial charge on any atom is -0.480 e. The van der Waals surface area contributed by atoms with Crippen LogP contribution < -0.4 is 5.32 Å². The van der Waals surface area contributed by atoms with Gasteiger partial charge in [0.15, 0.2) is 0 Å². The molecule has 0 bridgehead atoms. The quantitative estimate of drug-likeness (QED) is 0.763. The molecule has 0 aromatic heterocycles. The zero-order valence-electron chi connectivity index (χ0n) is 10.6. The van der Waals surface area contributed by atoms with Crippen molar-refractivity contribution < 1.29 is 19.4 Å². The first-order valence-electron chi connectivity index (χ1n) is 6.40. The maximum Gasteiger partial charge on any atom is 0.323 e. The summed E-state index contributed by atoms with van der Waals surface area (Å²) in [6.07, 6.45) is 3.73. The number of carbonyl (C=O) groups is 2. The highest BCUT2D eigenvalue weighted by Crippen LogP contribution is 2.27. The van der Waals surface area contributed by atoms with Gasteiger partial charge in [0.2, 0.25) is 0 Å². The fourth-order valence-corrected chi connectivity index (χ4v) is 2.24. The Hall–Kier alpha value is -1.30. The Bertz CT molecular complexity index is 335. The molecule has 6 nitrogen and oxygen atoms in total. The van der Waals surface area contributed by atoms with Gasteiger partial charge in [0.1, 0.15) is 6.54 Å². The Kier molecular flexibility index (Phi) is 3.75. The van der Waals surface area contributed by atoms with Crippen molar-refractivity contribution in [2.24, 2.45) is 0 Å². The first kappa shape index (κ1) is 13.1. The molecule has 1 aliphatic carbocycles. The molecule has 2 aliphatic rings. The van der Waals surface area contributed by atoms with Crippen LogP contribution in [-0.4, -0.2) is 53.3 Å². The van der Waals surface area contributed by atoms with Crippen LogP contribution in [0, 0.1) is 0 Å². The van der Waals surface area contributed by atoms with Gasteiger partial charge < -0.3 is 20.1 Å². The highest BCUT2D eigenvalue weighted by atomic mass is 16.5. The third-order valence-corrected chi connectivity index (χ3v) is 3.47. The van der Waals surface area contributed by atoms with Crippen molar-refractivity contribution in [3.8, 4) is 0 Å². The topological polar surface area (TPSA) is 78.9 Å². The van der Waals surface area contributed by atoms with Gasteiger partial charge in [0.05, 0.1) is 5.60 Å². The van der Waals surface area contributed by atoms with Crippen LogP contribution in [0.4, 0.5) is 4.79 Å². The molecule has 2 N–H and O–H groups in total. The van der Waals surface area contributed by atoms with E-state index in [1.54, 1.807) is 0 Å². The van der Waals surface area contributed by atoms with Gasteiger partial charge >= 0.3 is 12.0 Å². The van der Waals surface area contributed by atoms with Gasteiger partial charge in [-0.25, -0.2) is 4.79 Å². The molecule has 1 unspecified atom stereocenters. The third kappa shape index (κ3) is 3.35. The molecule has 6 heteroatoms. The molecule has 2 rings (SSSR count). The summed E-state index contributed by atoms with van der Waals surface area (Å²) in [6, 6.07) is -0.199. The van der Waals surface area contributed by atoms with Gasteiger partial charge in [-0.2, -0.15) is 0 Å². The molecule has 0 radical (unpaired) electrons. The molecule has 0 spiro atoms. The molecule has 2 fully saturated rings. The normalized spacial score (nSPS) is 26.9. The number of rotatable bonds is 5. The van der Waals surface area contributed by atoms with E-state index < -0.39 is 5.97 Å². The number of nitrogens with one attached hydrogen (secondary N) is 1. The van der Waals surface area contributed by atoms with Crippen molar-refractivity contribution >= 4 is 12.0 Å². The van der Waals surface area contributed by atoms with Crippen molar-refractivity contribution in [2.45, 2.75) is 44.2 Å². The lowest BCUT2D eigenvalue weighted by atomic mass is 10.0. The van der Waals surface area contributed by atoms with Crippen LogP contribution in [0.25, 0.3) is 0 Å². The predicted octanol–water partition coefficient (Wildman–Crippen LogP) is 0.814. The first-order chi connectivity index (χ1) is 8.50. The highest BCUT2D eigenvalue weighted by Gasteiger charge is 2.35. The summed E-state index contributed by atoms with van der Waals surface area (Å²) < 4.78 is 5.58. The van der Waals surface area contributed by atoms with E-state index in [-0.39, 0.29) is 24.2 Å². The van der Waals surface area contributed by atoms with Crippen LogP contribution in [0.2, 0.25) is 0 Å². The number of nitrogens with zero attached hydrogens (tertiary/aromatic N) is 1. The number of amides is 2. The highest BCUT2D eigenvalue weighted by molar-refractivity contribution is 5.80. The van der Waals surface area contributed by atoms with Gasteiger partial charge in [-0.1, -0.05) is 0 Å². The van der Waals surface area contributed by atoms with E-state index in [0.29, 0.717) is 6.54 Å². The number of hydrogen-bond donors (Lipinski definition) is 2. The van der Waals surface area contributed by atoms with Crippen LogP contribution in [-0.2, 0) is 9.53 Å². The molecule has 18 heavy (non-hydrogen) atoms. The second kappa shape index (κ2) is 5.14. The molecule has 1 aliphatic heterocycles. The van der Waals surface area contributed by atoms with Crippen LogP contribution in [0.5, 0.6) is 0 Å². The first-order valence-corrected chi connectivity index (χ1v) is 6.40. The lowest BCUT2D eigenvalue weighted by molar-refractivity contribution is -0.137. The van der Waals surface area contributed by atoms with E-state index >= 15 is 0 Å². The molecule has 102 valence electrons. The molecule has 1 saturated carbocycles. The minimum absolute atomic E-state index is 0.0957. The summed E-state index contributed by atoms with van der Waals surface area (Å²) in [5.74, 6) is -0.972. The molecule has 1 atom stereocenters. The number of carboxylic acid groups (broad SMARTS) is 1. The smallest absolute Gasteiger partial charge is 0.323 e. The monoisotopic (exact) mass is 256 g/mol. The summed E-state index contributed by atoms with van der Waals surface area (Å²) in [5.41, 5.74) is -0.298. The molecule has 2 amide bonds. The zero-order chi connectivity index (χ0) is 13.2. The number of carbonyl (C=O) groups excluding carboxylic acids is 1. The Balaban J connectivity index is 1.83. The van der Waals surface area contributed by atoms with Crippen LogP contribution >= 0.6 is 0 Å². The lowest BCUT2D eigenvalue weighted by Gasteiger charge is -2.26. The van der Waals surface area contributed by atoms with Gasteiger partial charge in [-0.3, -0.25) is 4.79 Å². The second-order valence-electron chi connectivity index (χ2n) is 5.31. The fourth-order valence-electron chi connectivity index (χ4n) is 2.24. The number of urea groups is 1. The zero-order valence-corrected chi connectivity index (χ0v) is 10.6. The fraction of sp³-hybridized carbons (Fsp3) is 0.833. The van der Waals surface area contributed by atoms with E-state index in [0.717, 1.165) is 32.3 Å². The van der Waals surface area contributed by atoms with Crippen LogP contribution in [0.3, 0.4) is 0 Å². The van der Waals surface area contributed by atoms with E-state index in [4.69, 9.17) is 9.84 Å².